The van der Waals surface area contributed by atoms with Crippen LogP contribution >= 0.6 is 45.8 Å². The first-order valence-corrected chi connectivity index (χ1v) is 10.7. The molecule has 28 valence electrons. The van der Waals surface area contributed by atoms with Crippen LogP contribution in [0.5, 0.6) is 0 Å². The van der Waals surface area contributed by atoms with Crippen LogP contribution in [0.4, 0.5) is 0 Å². The standard InChI is InChI=1S/BrCl2I/c1-4(2)3. The van der Waals surface area contributed by atoms with Gasteiger partial charge in [-0.1, -0.05) is 0 Å². The van der Waals surface area contributed by atoms with Crippen LogP contribution < -0.4 is 0 Å². The van der Waals surface area contributed by atoms with Gasteiger partial charge in [-0.15, -0.1) is 0 Å². The summed E-state index contributed by atoms with van der Waals surface area (Å²) < 4.78 is 0. The van der Waals surface area contributed by atoms with Crippen LogP contribution in [0.15, 0.2) is 0 Å². The molecule has 0 aliphatic carbocycles. The first-order valence-electron chi connectivity index (χ1n) is 0.429. The fraction of sp³-hybridized carbons (Fsp3) is 0. The van der Waals surface area contributed by atoms with Crippen molar-refractivity contribution < 1.29 is 0 Å². The summed E-state index contributed by atoms with van der Waals surface area (Å²) in [6.45, 7) is 0. The molecule has 0 rings (SSSR count). The molecule has 0 saturated heterocycles. The third kappa shape index (κ3) is 9.21. The van der Waals surface area contributed by atoms with E-state index in [4.69, 9.17) is 17.8 Å². The van der Waals surface area contributed by atoms with Gasteiger partial charge in [-0.2, -0.15) is 0 Å². The van der Waals surface area contributed by atoms with Crippen molar-refractivity contribution in [1.82, 2.24) is 0 Å². The van der Waals surface area contributed by atoms with Gasteiger partial charge in [0.2, 0.25) is 0 Å². The van der Waals surface area contributed by atoms with Crippen LogP contribution in [0.3, 0.4) is 0 Å². The van der Waals surface area contributed by atoms with Gasteiger partial charge in [-0.3, -0.25) is 0 Å². The van der Waals surface area contributed by atoms with Gasteiger partial charge in [0.1, 0.15) is 0 Å². The maximum absolute atomic E-state index is 5.11. The molecule has 0 spiro atoms. The zero-order valence-corrected chi connectivity index (χ0v) is 6.77. The Bertz CT molecular complexity index is 10.8. The van der Waals surface area contributed by atoms with E-state index in [0.29, 0.717) is 0 Å². The molecule has 0 aromatic carbocycles. The molecule has 0 saturated carbocycles. The normalized spacial score (nSPS) is 11.2. The molecule has 0 atom stereocenters. The second-order valence-electron chi connectivity index (χ2n) is 0.162. The molecule has 0 bridgehead atoms. The monoisotopic (exact) mass is 276 g/mol. The molecule has 0 aromatic heterocycles. The summed E-state index contributed by atoms with van der Waals surface area (Å²) in [6.07, 6.45) is 0. The zero-order valence-electron chi connectivity index (χ0n) is 1.51. The van der Waals surface area contributed by atoms with Crippen molar-refractivity contribution in [3.05, 3.63) is 0 Å². The molecule has 0 unspecified atom stereocenters. The van der Waals surface area contributed by atoms with E-state index in [9.17, 15) is 0 Å². The van der Waals surface area contributed by atoms with Crippen LogP contribution in [0.2, 0.25) is 0 Å². The molecule has 0 N–H and O–H groups in total. The summed E-state index contributed by atoms with van der Waals surface area (Å²) in [7, 11) is 10.2. The Morgan fingerprint density at radius 3 is 1.50 bits per heavy atom. The van der Waals surface area contributed by atoms with Crippen molar-refractivity contribution in [3.8, 4) is 0 Å². The van der Waals surface area contributed by atoms with Crippen LogP contribution in [-0.4, -0.2) is 0 Å². The van der Waals surface area contributed by atoms with Crippen molar-refractivity contribution in [2.45, 2.75) is 0 Å². The molecular formula is BrCl2I. The van der Waals surface area contributed by atoms with Crippen molar-refractivity contribution in [3.63, 3.8) is 0 Å². The van der Waals surface area contributed by atoms with Gasteiger partial charge in [-0.25, -0.2) is 0 Å². The molecule has 0 nitrogen and oxygen atoms in total. The summed E-state index contributed by atoms with van der Waals surface area (Å²) in [6, 6.07) is 0. The van der Waals surface area contributed by atoms with E-state index >= 15 is 0 Å². The third-order valence-corrected chi connectivity index (χ3v) is 0. The second-order valence-corrected chi connectivity index (χ2v) is 14.6. The molecule has 4 heteroatoms. The summed E-state index contributed by atoms with van der Waals surface area (Å²) >= 11 is 1.45. The molecule has 4 heavy (non-hydrogen) atoms. The molecule has 0 heterocycles. The van der Waals surface area contributed by atoms with E-state index in [-0.39, 0.29) is 0 Å². The minimum absolute atomic E-state index is 1.51. The first-order chi connectivity index (χ1) is 1.73. The minimum atomic E-state index is -1.51. The van der Waals surface area contributed by atoms with E-state index in [1.807, 2.05) is 0 Å². The summed E-state index contributed by atoms with van der Waals surface area (Å²) in [4.78, 5) is 0. The Kier molecular flexibility index (Phi) is 4.34. The maximum atomic E-state index is 5.11. The predicted octanol–water partition coefficient (Wildman–Crippen LogP) is 3.11. The van der Waals surface area contributed by atoms with Gasteiger partial charge in [-0.05, 0) is 0 Å². The van der Waals surface area contributed by atoms with Gasteiger partial charge >= 0.3 is 45.8 Å². The fourth-order valence-electron chi connectivity index (χ4n) is 0. The number of rotatable bonds is 0. The Balaban J connectivity index is 2.32. The number of halogens is 4. The van der Waals surface area contributed by atoms with Crippen molar-refractivity contribution in [2.75, 3.05) is 0 Å². The molecular weight excluding hydrogens is 278 g/mol. The molecule has 0 amide bonds. The van der Waals surface area contributed by atoms with E-state index in [1.54, 1.807) is 0 Å². The zero-order chi connectivity index (χ0) is 3.58. The van der Waals surface area contributed by atoms with E-state index in [2.05, 4.69) is 12.7 Å². The average molecular weight is 278 g/mol. The molecule has 0 aliphatic heterocycles. The van der Waals surface area contributed by atoms with Gasteiger partial charge in [0.05, 0.1) is 0 Å². The molecule has 0 aliphatic rings. The summed E-state index contributed by atoms with van der Waals surface area (Å²) in [5.41, 5.74) is 0. The Morgan fingerprint density at radius 1 is 1.50 bits per heavy atom. The first kappa shape index (κ1) is 5.79. The Hall–Kier alpha value is 1.79. The summed E-state index contributed by atoms with van der Waals surface area (Å²) in [5, 5.41) is 0. The molecule has 0 aromatic rings. The third-order valence-electron chi connectivity index (χ3n) is 0. The van der Waals surface area contributed by atoms with Gasteiger partial charge in [0, 0.05) is 0 Å². The van der Waals surface area contributed by atoms with Crippen LogP contribution in [0.1, 0.15) is 0 Å². The number of hydrogen-bond acceptors (Lipinski definition) is 0. The van der Waals surface area contributed by atoms with Crippen molar-refractivity contribution in [2.24, 2.45) is 0 Å². The van der Waals surface area contributed by atoms with Crippen molar-refractivity contribution >= 4 is 45.8 Å². The molecule has 0 fully saturated rings. The van der Waals surface area contributed by atoms with Crippen molar-refractivity contribution in [1.29, 1.82) is 0 Å². The summed E-state index contributed by atoms with van der Waals surface area (Å²) in [5.74, 6) is 0. The van der Waals surface area contributed by atoms with Gasteiger partial charge < -0.3 is 0 Å². The predicted molar refractivity (Wildman–Crippen MR) is 34.7 cm³/mol. The van der Waals surface area contributed by atoms with Crippen LogP contribution in [0.25, 0.3) is 0 Å². The second kappa shape index (κ2) is 3.00. The SMILES string of the molecule is ClI(Cl)Br. The topological polar surface area (TPSA) is 0 Å². The van der Waals surface area contributed by atoms with Crippen LogP contribution in [-0.2, 0) is 0 Å². The quantitative estimate of drug-likeness (QED) is 0.597. The van der Waals surface area contributed by atoms with Crippen LogP contribution in [0, 0.1) is 0 Å². The van der Waals surface area contributed by atoms with E-state index < -0.39 is 15.3 Å². The Morgan fingerprint density at radius 2 is 1.50 bits per heavy atom. The molecule has 0 radical (unpaired) electrons. The van der Waals surface area contributed by atoms with E-state index in [1.165, 1.54) is 0 Å². The van der Waals surface area contributed by atoms with Gasteiger partial charge in [0.25, 0.3) is 0 Å². The average Bonchev–Trinajstić information content (AvgIpc) is 0.811. The van der Waals surface area contributed by atoms with Gasteiger partial charge in [0.15, 0.2) is 0 Å². The number of hydrogen-bond donors (Lipinski definition) is 0. The van der Waals surface area contributed by atoms with E-state index in [0.717, 1.165) is 0 Å². The Labute approximate surface area is 45.4 Å². The fourth-order valence-corrected chi connectivity index (χ4v) is 0.